The molecule has 1 heteroatoms. The Hall–Kier alpha value is -1.50. The van der Waals surface area contributed by atoms with E-state index >= 15 is 0 Å². The van der Waals surface area contributed by atoms with Crippen molar-refractivity contribution in [3.05, 3.63) is 61.0 Å². The second kappa shape index (κ2) is 8.11. The zero-order valence-corrected chi connectivity index (χ0v) is 9.09. The van der Waals surface area contributed by atoms with Crippen LogP contribution in [0.1, 0.15) is 20.3 Å². The van der Waals surface area contributed by atoms with Gasteiger partial charge >= 0.3 is 0 Å². The van der Waals surface area contributed by atoms with E-state index in [1.165, 1.54) is 0 Å². The molecule has 0 saturated carbocycles. The Labute approximate surface area is 87.2 Å². The molecule has 76 valence electrons. The van der Waals surface area contributed by atoms with Gasteiger partial charge in [-0.2, -0.15) is 0 Å². The summed E-state index contributed by atoms with van der Waals surface area (Å²) in [6.07, 6.45) is 12.6. The molecular weight excluding hydrogens is 170 g/mol. The third kappa shape index (κ3) is 5.20. The number of hydrogen-bond acceptors (Lipinski definition) is 1. The third-order valence-electron chi connectivity index (χ3n) is 1.58. The second-order valence-electron chi connectivity index (χ2n) is 2.75. The fourth-order valence-corrected chi connectivity index (χ4v) is 1.02. The monoisotopic (exact) mass is 189 g/mol. The molecule has 0 aromatic carbocycles. The Morgan fingerprint density at radius 1 is 1.29 bits per heavy atom. The molecule has 0 saturated heterocycles. The Balaban J connectivity index is 4.57. The molecule has 1 N–H and O–H groups in total. The van der Waals surface area contributed by atoms with Crippen LogP contribution in [0.15, 0.2) is 61.0 Å². The Kier molecular flexibility index (Phi) is 7.24. The second-order valence-corrected chi connectivity index (χ2v) is 2.75. The highest BCUT2D eigenvalue weighted by molar-refractivity contribution is 5.28. The van der Waals surface area contributed by atoms with Crippen molar-refractivity contribution in [3.63, 3.8) is 0 Å². The molecular formula is C13H19N. The van der Waals surface area contributed by atoms with Gasteiger partial charge in [0.1, 0.15) is 0 Å². The van der Waals surface area contributed by atoms with Crippen molar-refractivity contribution >= 4 is 0 Å². The van der Waals surface area contributed by atoms with Crippen LogP contribution in [-0.2, 0) is 0 Å². The minimum atomic E-state index is 0.992. The first-order valence-corrected chi connectivity index (χ1v) is 4.83. The summed E-state index contributed by atoms with van der Waals surface area (Å²) in [6.45, 7) is 11.5. The highest BCUT2D eigenvalue weighted by atomic mass is 14.9. The minimum absolute atomic E-state index is 0.992. The lowest BCUT2D eigenvalue weighted by molar-refractivity contribution is 1.02. The van der Waals surface area contributed by atoms with Gasteiger partial charge in [-0.3, -0.25) is 0 Å². The first-order chi connectivity index (χ1) is 6.78. The van der Waals surface area contributed by atoms with E-state index in [-0.39, 0.29) is 0 Å². The molecule has 0 amide bonds. The number of nitrogens with one attached hydrogen (secondary N) is 1. The van der Waals surface area contributed by atoms with Crippen LogP contribution in [0.25, 0.3) is 0 Å². The summed E-state index contributed by atoms with van der Waals surface area (Å²) in [5.41, 5.74) is 2.04. The predicted molar refractivity (Wildman–Crippen MR) is 64.8 cm³/mol. The largest absolute Gasteiger partial charge is 0.356 e. The van der Waals surface area contributed by atoms with E-state index in [4.69, 9.17) is 0 Å². The van der Waals surface area contributed by atoms with Crippen LogP contribution in [0.4, 0.5) is 0 Å². The summed E-state index contributed by atoms with van der Waals surface area (Å²) in [7, 11) is 0. The van der Waals surface area contributed by atoms with E-state index in [1.807, 2.05) is 31.2 Å². The average molecular weight is 189 g/mol. The molecule has 0 bridgehead atoms. The van der Waals surface area contributed by atoms with Gasteiger partial charge in [0.15, 0.2) is 0 Å². The summed E-state index contributed by atoms with van der Waals surface area (Å²) in [6, 6.07) is 0. The standard InChI is InChI=1S/C13H19N/c1-5-9-12(8-4)14-13(10-6-2)11-7-3/h6-11,14H,2,4-5H2,1,3H3/b11-7-,12-9+,13-10+. The molecule has 1 nitrogen and oxygen atoms in total. The van der Waals surface area contributed by atoms with Gasteiger partial charge in [0.2, 0.25) is 0 Å². The first-order valence-electron chi connectivity index (χ1n) is 4.83. The van der Waals surface area contributed by atoms with Crippen molar-refractivity contribution in [1.29, 1.82) is 0 Å². The van der Waals surface area contributed by atoms with E-state index in [2.05, 4.69) is 31.5 Å². The summed E-state index contributed by atoms with van der Waals surface area (Å²) in [5.74, 6) is 0. The molecule has 0 heterocycles. The molecule has 0 aromatic heterocycles. The van der Waals surface area contributed by atoms with E-state index < -0.39 is 0 Å². The van der Waals surface area contributed by atoms with E-state index in [9.17, 15) is 0 Å². The van der Waals surface area contributed by atoms with Crippen molar-refractivity contribution in [1.82, 2.24) is 5.32 Å². The van der Waals surface area contributed by atoms with Crippen molar-refractivity contribution < 1.29 is 0 Å². The van der Waals surface area contributed by atoms with E-state index in [1.54, 1.807) is 6.08 Å². The number of rotatable bonds is 6. The summed E-state index contributed by atoms with van der Waals surface area (Å²) in [4.78, 5) is 0. The molecule has 0 unspecified atom stereocenters. The molecule has 0 aliphatic carbocycles. The van der Waals surface area contributed by atoms with Crippen molar-refractivity contribution in [2.45, 2.75) is 20.3 Å². The normalized spacial score (nSPS) is 13.0. The maximum atomic E-state index is 3.75. The quantitative estimate of drug-likeness (QED) is 0.628. The van der Waals surface area contributed by atoms with Gasteiger partial charge in [-0.15, -0.1) is 0 Å². The van der Waals surface area contributed by atoms with Gasteiger partial charge in [-0.05, 0) is 31.6 Å². The molecule has 0 aliphatic rings. The van der Waals surface area contributed by atoms with Crippen molar-refractivity contribution in [2.75, 3.05) is 0 Å². The lowest BCUT2D eigenvalue weighted by Crippen LogP contribution is -2.09. The first kappa shape index (κ1) is 12.5. The topological polar surface area (TPSA) is 12.0 Å². The maximum absolute atomic E-state index is 3.75. The smallest absolute Gasteiger partial charge is 0.0380 e. The molecule has 0 atom stereocenters. The lowest BCUT2D eigenvalue weighted by atomic mass is 10.3. The molecule has 0 rings (SSSR count). The van der Waals surface area contributed by atoms with Crippen LogP contribution in [0.3, 0.4) is 0 Å². The van der Waals surface area contributed by atoms with Gasteiger partial charge in [-0.1, -0.05) is 38.3 Å². The summed E-state index contributed by atoms with van der Waals surface area (Å²) in [5, 5.41) is 3.25. The van der Waals surface area contributed by atoms with Crippen LogP contribution < -0.4 is 5.32 Å². The molecule has 0 aromatic rings. The van der Waals surface area contributed by atoms with Crippen LogP contribution in [0.2, 0.25) is 0 Å². The van der Waals surface area contributed by atoms with Crippen LogP contribution in [-0.4, -0.2) is 0 Å². The van der Waals surface area contributed by atoms with Crippen LogP contribution in [0.5, 0.6) is 0 Å². The molecule has 0 aliphatic heterocycles. The highest BCUT2D eigenvalue weighted by Crippen LogP contribution is 2.00. The SMILES string of the molecule is C=C/C=C(\C=C/C)N/C(C=C)=C/CC. The lowest BCUT2D eigenvalue weighted by Gasteiger charge is -2.07. The summed E-state index contributed by atoms with van der Waals surface area (Å²) < 4.78 is 0. The van der Waals surface area contributed by atoms with Crippen molar-refractivity contribution in [3.8, 4) is 0 Å². The Morgan fingerprint density at radius 3 is 2.43 bits per heavy atom. The Morgan fingerprint density at radius 2 is 2.00 bits per heavy atom. The minimum Gasteiger partial charge on any atom is -0.356 e. The predicted octanol–water partition coefficient (Wildman–Crippen LogP) is 3.70. The van der Waals surface area contributed by atoms with E-state index in [0.717, 1.165) is 17.8 Å². The van der Waals surface area contributed by atoms with Crippen molar-refractivity contribution in [2.24, 2.45) is 0 Å². The average Bonchev–Trinajstić information content (AvgIpc) is 2.18. The van der Waals surface area contributed by atoms with Crippen LogP contribution in [0, 0.1) is 0 Å². The third-order valence-corrected chi connectivity index (χ3v) is 1.58. The maximum Gasteiger partial charge on any atom is 0.0380 e. The van der Waals surface area contributed by atoms with Gasteiger partial charge < -0.3 is 5.32 Å². The fourth-order valence-electron chi connectivity index (χ4n) is 1.02. The molecule has 0 radical (unpaired) electrons. The van der Waals surface area contributed by atoms with Crippen LogP contribution >= 0.6 is 0 Å². The fraction of sp³-hybridized carbons (Fsp3) is 0.231. The highest BCUT2D eigenvalue weighted by Gasteiger charge is 1.91. The zero-order chi connectivity index (χ0) is 10.8. The molecule has 14 heavy (non-hydrogen) atoms. The van der Waals surface area contributed by atoms with Gasteiger partial charge in [0.05, 0.1) is 0 Å². The number of allylic oxidation sites excluding steroid dienone is 6. The van der Waals surface area contributed by atoms with E-state index in [0.29, 0.717) is 0 Å². The molecule has 0 spiro atoms. The van der Waals surface area contributed by atoms with Gasteiger partial charge in [0, 0.05) is 11.4 Å². The molecule has 0 fully saturated rings. The van der Waals surface area contributed by atoms with Gasteiger partial charge in [-0.25, -0.2) is 0 Å². The Bertz CT molecular complexity index is 267. The van der Waals surface area contributed by atoms with Gasteiger partial charge in [0.25, 0.3) is 0 Å². The number of hydrogen-bond donors (Lipinski definition) is 1. The summed E-state index contributed by atoms with van der Waals surface area (Å²) >= 11 is 0. The zero-order valence-electron chi connectivity index (χ0n) is 9.09.